The van der Waals surface area contributed by atoms with Crippen molar-refractivity contribution in [1.29, 1.82) is 0 Å². The van der Waals surface area contributed by atoms with Crippen LogP contribution in [0.3, 0.4) is 0 Å². The minimum absolute atomic E-state index is 0.144. The Bertz CT molecular complexity index is 3560. The molecule has 0 unspecified atom stereocenters. The normalized spacial score (nSPS) is 12.6. The molecule has 5 nitrogen and oxygen atoms in total. The number of benzene rings is 9. The van der Waals surface area contributed by atoms with Crippen LogP contribution in [-0.2, 0) is 5.41 Å². The highest BCUT2D eigenvalue weighted by Crippen LogP contribution is 2.51. The maximum atomic E-state index is 5.21. The van der Waals surface area contributed by atoms with E-state index in [9.17, 15) is 0 Å². The summed E-state index contributed by atoms with van der Waals surface area (Å²) in [5, 5.41) is 4.88. The fourth-order valence-corrected chi connectivity index (χ4v) is 9.42. The summed E-state index contributed by atoms with van der Waals surface area (Å²) in [4.78, 5) is 25.5. The number of aromatic nitrogens is 5. The van der Waals surface area contributed by atoms with E-state index in [1.165, 1.54) is 38.4 Å². The van der Waals surface area contributed by atoms with Crippen LogP contribution in [0.1, 0.15) is 25.0 Å². The van der Waals surface area contributed by atoms with Crippen molar-refractivity contribution in [3.63, 3.8) is 0 Å². The van der Waals surface area contributed by atoms with Crippen LogP contribution < -0.4 is 0 Å². The SMILES string of the molecule is CC1(C)c2cc3ccccc3cc2-c2cc3ccc(-c4nc(-c5ccccc5)nc(-c5cccc(-c6cccc(-c7cc(-c8ccccc8)nc(-c8ccccc8)n7)c6)c5)n4)cc3cc21. The van der Waals surface area contributed by atoms with E-state index in [4.69, 9.17) is 24.9 Å². The summed E-state index contributed by atoms with van der Waals surface area (Å²) < 4.78 is 0. The van der Waals surface area contributed by atoms with Crippen molar-refractivity contribution >= 4 is 21.5 Å². The lowest BCUT2D eigenvalue weighted by Crippen LogP contribution is -2.14. The van der Waals surface area contributed by atoms with Crippen molar-refractivity contribution in [3.05, 3.63) is 223 Å². The number of hydrogen-bond acceptors (Lipinski definition) is 5. The molecular weight excluding hydrogens is 791 g/mol. The fraction of sp³-hybridized carbons (Fsp3) is 0.0500. The molecule has 5 heteroatoms. The van der Waals surface area contributed by atoms with Crippen molar-refractivity contribution in [2.45, 2.75) is 19.3 Å². The van der Waals surface area contributed by atoms with Crippen molar-refractivity contribution in [2.24, 2.45) is 0 Å². The van der Waals surface area contributed by atoms with E-state index in [-0.39, 0.29) is 5.41 Å². The van der Waals surface area contributed by atoms with Gasteiger partial charge in [-0.3, -0.25) is 0 Å². The Morgan fingerprint density at radius 3 is 1.26 bits per heavy atom. The smallest absolute Gasteiger partial charge is 0.164 e. The lowest BCUT2D eigenvalue weighted by Gasteiger charge is -2.22. The summed E-state index contributed by atoms with van der Waals surface area (Å²) in [7, 11) is 0. The second-order valence-electron chi connectivity index (χ2n) is 17.4. The van der Waals surface area contributed by atoms with E-state index < -0.39 is 0 Å². The van der Waals surface area contributed by atoms with Gasteiger partial charge in [0.2, 0.25) is 0 Å². The van der Waals surface area contributed by atoms with E-state index in [1.807, 2.05) is 54.6 Å². The predicted molar refractivity (Wildman–Crippen MR) is 266 cm³/mol. The van der Waals surface area contributed by atoms with Gasteiger partial charge in [-0.05, 0) is 103 Å². The van der Waals surface area contributed by atoms with Gasteiger partial charge < -0.3 is 0 Å². The van der Waals surface area contributed by atoms with Gasteiger partial charge >= 0.3 is 0 Å². The molecule has 0 fully saturated rings. The highest BCUT2D eigenvalue weighted by Gasteiger charge is 2.36. The molecule has 1 aliphatic carbocycles. The summed E-state index contributed by atoms with van der Waals surface area (Å²) in [6, 6.07) is 74.4. The molecule has 1 aliphatic rings. The molecule has 2 aromatic heterocycles. The standard InChI is InChI=1S/C60H41N5/c1-60(2)52-35-44-23-13-12-22-43(44)33-50(52)51-34-45-28-29-48(32-49(45)36-53(51)60)59-64-57(40-20-10-5-11-21-40)63-58(65-59)47-27-15-25-42(31-47)41-24-14-26-46(30-41)55-37-54(38-16-6-3-7-17-38)61-56(62-55)39-18-8-4-9-19-39/h3-37H,1-2H3. The van der Waals surface area contributed by atoms with Crippen LogP contribution in [0.2, 0.25) is 0 Å². The summed E-state index contributed by atoms with van der Waals surface area (Å²) in [6.45, 7) is 4.69. The van der Waals surface area contributed by atoms with E-state index in [2.05, 4.69) is 172 Å². The number of rotatable bonds is 7. The van der Waals surface area contributed by atoms with Crippen LogP contribution in [0, 0.1) is 0 Å². The third kappa shape index (κ3) is 6.95. The summed E-state index contributed by atoms with van der Waals surface area (Å²) in [5.41, 5.74) is 14.8. The van der Waals surface area contributed by atoms with E-state index >= 15 is 0 Å². The van der Waals surface area contributed by atoms with Gasteiger partial charge in [-0.15, -0.1) is 0 Å². The lowest BCUT2D eigenvalue weighted by atomic mass is 9.81. The van der Waals surface area contributed by atoms with Gasteiger partial charge in [0.25, 0.3) is 0 Å². The first-order valence-electron chi connectivity index (χ1n) is 22.1. The second-order valence-corrected chi connectivity index (χ2v) is 17.4. The quantitative estimate of drug-likeness (QED) is 0.160. The molecule has 2 heterocycles. The molecule has 0 N–H and O–H groups in total. The monoisotopic (exact) mass is 831 g/mol. The Morgan fingerprint density at radius 1 is 0.262 bits per heavy atom. The van der Waals surface area contributed by atoms with Gasteiger partial charge in [0.05, 0.1) is 11.4 Å². The minimum atomic E-state index is -0.144. The Morgan fingerprint density at radius 2 is 0.662 bits per heavy atom. The van der Waals surface area contributed by atoms with Crippen molar-refractivity contribution in [3.8, 4) is 90.3 Å². The van der Waals surface area contributed by atoms with Crippen LogP contribution in [0.4, 0.5) is 0 Å². The molecule has 0 atom stereocenters. The van der Waals surface area contributed by atoms with Gasteiger partial charge in [-0.1, -0.05) is 178 Å². The van der Waals surface area contributed by atoms with Gasteiger partial charge in [0.15, 0.2) is 23.3 Å². The van der Waals surface area contributed by atoms with Crippen LogP contribution in [-0.4, -0.2) is 24.9 Å². The average Bonchev–Trinajstić information content (AvgIpc) is 3.58. The first-order valence-corrected chi connectivity index (χ1v) is 22.1. The van der Waals surface area contributed by atoms with E-state index in [0.29, 0.717) is 23.3 Å². The molecule has 65 heavy (non-hydrogen) atoms. The van der Waals surface area contributed by atoms with E-state index in [0.717, 1.165) is 61.3 Å². The lowest BCUT2D eigenvalue weighted by molar-refractivity contribution is 0.662. The highest BCUT2D eigenvalue weighted by molar-refractivity contribution is 5.99. The Kier molecular flexibility index (Phi) is 9.09. The van der Waals surface area contributed by atoms with Gasteiger partial charge in [-0.25, -0.2) is 24.9 Å². The fourth-order valence-electron chi connectivity index (χ4n) is 9.42. The minimum Gasteiger partial charge on any atom is -0.228 e. The largest absolute Gasteiger partial charge is 0.228 e. The third-order valence-corrected chi connectivity index (χ3v) is 12.9. The average molecular weight is 832 g/mol. The molecule has 0 radical (unpaired) electrons. The molecule has 11 aromatic rings. The van der Waals surface area contributed by atoms with Crippen LogP contribution in [0.15, 0.2) is 212 Å². The van der Waals surface area contributed by atoms with Crippen molar-refractivity contribution < 1.29 is 0 Å². The maximum Gasteiger partial charge on any atom is 0.164 e. The Hall–Kier alpha value is -8.41. The topological polar surface area (TPSA) is 64.5 Å². The summed E-state index contributed by atoms with van der Waals surface area (Å²) >= 11 is 0. The Labute approximate surface area is 377 Å². The van der Waals surface area contributed by atoms with E-state index in [1.54, 1.807) is 0 Å². The second kappa shape index (κ2) is 15.4. The summed E-state index contributed by atoms with van der Waals surface area (Å²) in [6.07, 6.45) is 0. The number of hydrogen-bond donors (Lipinski definition) is 0. The zero-order valence-electron chi connectivity index (χ0n) is 35.9. The van der Waals surface area contributed by atoms with Gasteiger partial charge in [-0.2, -0.15) is 0 Å². The molecule has 0 bridgehead atoms. The van der Waals surface area contributed by atoms with Crippen molar-refractivity contribution in [2.75, 3.05) is 0 Å². The molecule has 12 rings (SSSR count). The zero-order chi connectivity index (χ0) is 43.5. The van der Waals surface area contributed by atoms with Crippen LogP contribution >= 0.6 is 0 Å². The molecular formula is C60H41N5. The molecule has 0 amide bonds. The first-order chi connectivity index (χ1) is 31.9. The van der Waals surface area contributed by atoms with Crippen LogP contribution in [0.25, 0.3) is 112 Å². The molecule has 0 saturated carbocycles. The molecule has 0 spiro atoms. The molecule has 306 valence electrons. The molecule has 9 aromatic carbocycles. The first kappa shape index (κ1) is 38.3. The number of fused-ring (bicyclic) bond motifs is 5. The van der Waals surface area contributed by atoms with Gasteiger partial charge in [0.1, 0.15) is 0 Å². The third-order valence-electron chi connectivity index (χ3n) is 12.9. The predicted octanol–water partition coefficient (Wildman–Crippen LogP) is 14.9. The highest BCUT2D eigenvalue weighted by atomic mass is 15.0. The zero-order valence-corrected chi connectivity index (χ0v) is 35.9. The maximum absolute atomic E-state index is 5.21. The van der Waals surface area contributed by atoms with Crippen LogP contribution in [0.5, 0.6) is 0 Å². The Balaban J connectivity index is 0.935. The number of nitrogens with zero attached hydrogens (tertiary/aromatic N) is 5. The van der Waals surface area contributed by atoms with Crippen molar-refractivity contribution in [1.82, 2.24) is 24.9 Å². The molecule has 0 saturated heterocycles. The van der Waals surface area contributed by atoms with Gasteiger partial charge in [0, 0.05) is 38.8 Å². The summed E-state index contributed by atoms with van der Waals surface area (Å²) in [5.74, 6) is 2.56. The molecule has 0 aliphatic heterocycles.